The van der Waals surface area contributed by atoms with Gasteiger partial charge in [0.05, 0.1) is 10.6 Å². The van der Waals surface area contributed by atoms with Gasteiger partial charge in [0.25, 0.3) is 10.0 Å². The summed E-state index contributed by atoms with van der Waals surface area (Å²) in [6, 6.07) is 11.2. The molecule has 158 valence electrons. The maximum Gasteiger partial charge on any atom is 0.277 e. The van der Waals surface area contributed by atoms with Gasteiger partial charge in [0, 0.05) is 5.02 Å². The van der Waals surface area contributed by atoms with Crippen LogP contribution in [-0.2, 0) is 10.0 Å². The number of nitrogens with zero attached hydrogens (tertiary/aromatic N) is 1. The molecule has 0 spiro atoms. The van der Waals surface area contributed by atoms with Gasteiger partial charge < -0.3 is 0 Å². The van der Waals surface area contributed by atoms with Gasteiger partial charge in [0.2, 0.25) is 0 Å². The van der Waals surface area contributed by atoms with Crippen molar-refractivity contribution >= 4 is 27.3 Å². The molecule has 2 aromatic rings. The van der Waals surface area contributed by atoms with Crippen LogP contribution in [0.4, 0.5) is 0 Å². The molecular formula is C23H31ClN2O2S. The van der Waals surface area contributed by atoms with E-state index in [-0.39, 0.29) is 11.8 Å². The third-order valence-corrected chi connectivity index (χ3v) is 6.54. The molecule has 0 radical (unpaired) electrons. The number of hydrogen-bond donors (Lipinski definition) is 1. The molecule has 4 nitrogen and oxygen atoms in total. The fourth-order valence-corrected chi connectivity index (χ4v) is 4.81. The highest BCUT2D eigenvalue weighted by atomic mass is 35.5. The predicted octanol–water partition coefficient (Wildman–Crippen LogP) is 6.41. The van der Waals surface area contributed by atoms with Crippen molar-refractivity contribution in [3.8, 4) is 0 Å². The summed E-state index contributed by atoms with van der Waals surface area (Å²) in [6.07, 6.45) is 0. The van der Waals surface area contributed by atoms with E-state index < -0.39 is 10.0 Å². The molecule has 0 bridgehead atoms. The number of benzene rings is 2. The average molecular weight is 435 g/mol. The van der Waals surface area contributed by atoms with Crippen molar-refractivity contribution in [2.45, 2.75) is 71.1 Å². The van der Waals surface area contributed by atoms with Crippen molar-refractivity contribution in [1.82, 2.24) is 4.83 Å². The van der Waals surface area contributed by atoms with Gasteiger partial charge in [-0.15, -0.1) is 0 Å². The van der Waals surface area contributed by atoms with Gasteiger partial charge in [-0.05, 0) is 59.1 Å². The Hall–Kier alpha value is -1.85. The smallest absolute Gasteiger partial charge is 0.200 e. The van der Waals surface area contributed by atoms with Crippen LogP contribution in [0.3, 0.4) is 0 Å². The monoisotopic (exact) mass is 434 g/mol. The Labute approximate surface area is 180 Å². The number of hydrazone groups is 1. The molecule has 0 saturated carbocycles. The minimum atomic E-state index is -3.83. The minimum Gasteiger partial charge on any atom is -0.200 e. The Morgan fingerprint density at radius 3 is 1.79 bits per heavy atom. The Morgan fingerprint density at radius 1 is 0.897 bits per heavy atom. The summed E-state index contributed by atoms with van der Waals surface area (Å²) in [5, 5.41) is 4.79. The number of nitrogens with one attached hydrogen (secondary N) is 1. The van der Waals surface area contributed by atoms with Crippen LogP contribution in [0.15, 0.2) is 46.4 Å². The van der Waals surface area contributed by atoms with E-state index in [0.29, 0.717) is 21.5 Å². The minimum absolute atomic E-state index is 0.0686. The fraction of sp³-hybridized carbons (Fsp3) is 0.435. The van der Waals surface area contributed by atoms with Crippen molar-refractivity contribution in [3.63, 3.8) is 0 Å². The molecule has 0 fully saturated rings. The molecule has 0 unspecified atom stereocenters. The number of rotatable bonds is 7. The van der Waals surface area contributed by atoms with Gasteiger partial charge in [0.15, 0.2) is 0 Å². The summed E-state index contributed by atoms with van der Waals surface area (Å²) < 4.78 is 26.6. The molecule has 0 aliphatic rings. The average Bonchev–Trinajstić information content (AvgIpc) is 2.65. The van der Waals surface area contributed by atoms with Gasteiger partial charge in [-0.2, -0.15) is 18.4 Å². The number of sulfonamides is 1. The molecule has 0 aliphatic carbocycles. The maximum atomic E-state index is 13.3. The van der Waals surface area contributed by atoms with E-state index in [1.165, 1.54) is 0 Å². The lowest BCUT2D eigenvalue weighted by atomic mass is 9.89. The molecule has 0 aliphatic heterocycles. The Kier molecular flexibility index (Phi) is 7.52. The first-order valence-electron chi connectivity index (χ1n) is 9.93. The van der Waals surface area contributed by atoms with Crippen molar-refractivity contribution in [3.05, 3.63) is 63.7 Å². The van der Waals surface area contributed by atoms with Crippen LogP contribution in [0.25, 0.3) is 0 Å². The van der Waals surface area contributed by atoms with Gasteiger partial charge in [-0.1, -0.05) is 77.4 Å². The van der Waals surface area contributed by atoms with Crippen LogP contribution < -0.4 is 4.83 Å². The predicted molar refractivity (Wildman–Crippen MR) is 123 cm³/mol. The first-order chi connectivity index (χ1) is 13.4. The van der Waals surface area contributed by atoms with E-state index in [9.17, 15) is 8.42 Å². The van der Waals surface area contributed by atoms with E-state index in [1.54, 1.807) is 19.1 Å². The molecule has 0 aromatic heterocycles. The highest BCUT2D eigenvalue weighted by Crippen LogP contribution is 2.35. The normalized spacial score (nSPS) is 12.9. The van der Waals surface area contributed by atoms with E-state index in [2.05, 4.69) is 23.8 Å². The van der Waals surface area contributed by atoms with Crippen molar-refractivity contribution in [2.24, 2.45) is 5.10 Å². The topological polar surface area (TPSA) is 58.5 Å². The largest absolute Gasteiger partial charge is 0.277 e. The molecule has 0 saturated heterocycles. The third kappa shape index (κ3) is 5.61. The van der Waals surface area contributed by atoms with E-state index in [4.69, 9.17) is 11.6 Å². The van der Waals surface area contributed by atoms with Gasteiger partial charge in [-0.3, -0.25) is 0 Å². The standard InChI is InChI=1S/C23H31ClN2O2S/c1-14(2)19-12-21(15(3)4)23(22(13-19)16(5)6)29(27,28)26-25-17(7)18-8-10-20(24)11-9-18/h8-16,26H,1-7H3/b25-17+. The number of halogens is 1. The van der Waals surface area contributed by atoms with Crippen LogP contribution in [0.5, 0.6) is 0 Å². The molecule has 0 heterocycles. The zero-order chi connectivity index (χ0) is 21.9. The van der Waals surface area contributed by atoms with Crippen molar-refractivity contribution in [2.75, 3.05) is 0 Å². The molecule has 0 amide bonds. The molecule has 2 aromatic carbocycles. The Bertz CT molecular complexity index is 963. The molecule has 0 atom stereocenters. The lowest BCUT2D eigenvalue weighted by Crippen LogP contribution is -2.24. The van der Waals surface area contributed by atoms with Crippen LogP contribution in [0.2, 0.25) is 5.02 Å². The van der Waals surface area contributed by atoms with Crippen LogP contribution in [-0.4, -0.2) is 14.1 Å². The molecule has 2 rings (SSSR count). The van der Waals surface area contributed by atoms with Gasteiger partial charge >= 0.3 is 0 Å². The summed E-state index contributed by atoms with van der Waals surface area (Å²) in [4.78, 5) is 2.80. The molecule has 1 N–H and O–H groups in total. The van der Waals surface area contributed by atoms with Crippen LogP contribution in [0.1, 0.15) is 88.5 Å². The highest BCUT2D eigenvalue weighted by molar-refractivity contribution is 7.89. The zero-order valence-electron chi connectivity index (χ0n) is 18.2. The second-order valence-electron chi connectivity index (χ2n) is 8.29. The first-order valence-corrected chi connectivity index (χ1v) is 11.8. The molecule has 6 heteroatoms. The maximum absolute atomic E-state index is 13.3. The lowest BCUT2D eigenvalue weighted by molar-refractivity contribution is 0.579. The third-order valence-electron chi connectivity index (χ3n) is 4.94. The van der Waals surface area contributed by atoms with Crippen molar-refractivity contribution < 1.29 is 8.42 Å². The molecule has 29 heavy (non-hydrogen) atoms. The van der Waals surface area contributed by atoms with Crippen molar-refractivity contribution in [1.29, 1.82) is 0 Å². The Morgan fingerprint density at radius 2 is 1.38 bits per heavy atom. The van der Waals surface area contributed by atoms with Gasteiger partial charge in [0.1, 0.15) is 0 Å². The summed E-state index contributed by atoms with van der Waals surface area (Å²) in [7, 11) is -3.83. The van der Waals surface area contributed by atoms with Crippen LogP contribution >= 0.6 is 11.6 Å². The van der Waals surface area contributed by atoms with E-state index >= 15 is 0 Å². The molecular weight excluding hydrogens is 404 g/mol. The zero-order valence-corrected chi connectivity index (χ0v) is 19.8. The van der Waals surface area contributed by atoms with Gasteiger partial charge in [-0.25, -0.2) is 0 Å². The second kappa shape index (κ2) is 9.31. The summed E-state index contributed by atoms with van der Waals surface area (Å²) in [6.45, 7) is 14.1. The second-order valence-corrected chi connectivity index (χ2v) is 10.3. The quantitative estimate of drug-likeness (QED) is 0.404. The first kappa shape index (κ1) is 23.4. The Balaban J connectivity index is 2.55. The van der Waals surface area contributed by atoms with Crippen LogP contribution in [0, 0.1) is 0 Å². The van der Waals surface area contributed by atoms with E-state index in [1.807, 2.05) is 52.0 Å². The number of hydrogen-bond acceptors (Lipinski definition) is 3. The van der Waals surface area contributed by atoms with E-state index in [0.717, 1.165) is 22.3 Å². The fourth-order valence-electron chi connectivity index (χ4n) is 3.13. The SMILES string of the molecule is C/C(=N\NS(=O)(=O)c1c(C(C)C)cc(C(C)C)cc1C(C)C)c1ccc(Cl)cc1. The lowest BCUT2D eigenvalue weighted by Gasteiger charge is -2.22. The summed E-state index contributed by atoms with van der Waals surface area (Å²) >= 11 is 5.92. The highest BCUT2D eigenvalue weighted by Gasteiger charge is 2.26. The summed E-state index contributed by atoms with van der Waals surface area (Å²) in [5.41, 5.74) is 4.18. The summed E-state index contributed by atoms with van der Waals surface area (Å²) in [5.74, 6) is 0.457.